The molecule has 2 aromatic rings. The van der Waals surface area contributed by atoms with Crippen LogP contribution in [0, 0.1) is 12.3 Å². The van der Waals surface area contributed by atoms with Gasteiger partial charge in [0.1, 0.15) is 0 Å². The van der Waals surface area contributed by atoms with Crippen LogP contribution in [-0.4, -0.2) is 4.98 Å². The smallest absolute Gasteiger partial charge is 0.0968 e. The predicted octanol–water partition coefficient (Wildman–Crippen LogP) is 2.28. The van der Waals surface area contributed by atoms with E-state index in [4.69, 9.17) is 6.42 Å². The third kappa shape index (κ3) is 0.903. The highest BCUT2D eigenvalue weighted by atomic mass is 32.1. The second kappa shape index (κ2) is 2.37. The number of benzene rings is 1. The van der Waals surface area contributed by atoms with Gasteiger partial charge in [0.15, 0.2) is 0 Å². The maximum Gasteiger partial charge on any atom is 0.0968 e. The zero-order valence-electron chi connectivity index (χ0n) is 5.74. The van der Waals surface area contributed by atoms with Crippen LogP contribution >= 0.6 is 11.3 Å². The molecule has 1 aromatic heterocycles. The molecular weight excluding hydrogens is 154 g/mol. The molecule has 1 heterocycles. The van der Waals surface area contributed by atoms with Gasteiger partial charge in [-0.1, -0.05) is 12.0 Å². The molecule has 0 aliphatic rings. The Kier molecular flexibility index (Phi) is 1.38. The predicted molar refractivity (Wildman–Crippen MR) is 47.6 cm³/mol. The number of para-hydroxylation sites is 1. The van der Waals surface area contributed by atoms with Crippen molar-refractivity contribution in [3.8, 4) is 12.3 Å². The molecule has 0 saturated carbocycles. The summed E-state index contributed by atoms with van der Waals surface area (Å²) in [4.78, 5) is 4.17. The first-order valence-corrected chi connectivity index (χ1v) is 4.08. The minimum atomic E-state index is 0.878. The molecule has 11 heavy (non-hydrogen) atoms. The molecule has 2 rings (SSSR count). The standard InChI is InChI=1S/C9H5NS/c1-2-7-4-3-5-8-9(7)10-6-11-8/h1,3-6H. The first-order chi connectivity index (χ1) is 5.42. The summed E-state index contributed by atoms with van der Waals surface area (Å²) in [7, 11) is 0. The van der Waals surface area contributed by atoms with Gasteiger partial charge in [-0.25, -0.2) is 4.98 Å². The lowest BCUT2D eigenvalue weighted by atomic mass is 10.2. The molecular formula is C9H5NS. The molecule has 1 aromatic carbocycles. The van der Waals surface area contributed by atoms with Crippen molar-refractivity contribution in [2.75, 3.05) is 0 Å². The van der Waals surface area contributed by atoms with Gasteiger partial charge in [0.2, 0.25) is 0 Å². The van der Waals surface area contributed by atoms with Crippen LogP contribution in [0.2, 0.25) is 0 Å². The van der Waals surface area contributed by atoms with Gasteiger partial charge < -0.3 is 0 Å². The van der Waals surface area contributed by atoms with Crippen molar-refractivity contribution >= 4 is 21.6 Å². The summed E-state index contributed by atoms with van der Waals surface area (Å²) in [5, 5.41) is 0. The van der Waals surface area contributed by atoms with Crippen molar-refractivity contribution in [1.82, 2.24) is 4.98 Å². The van der Waals surface area contributed by atoms with Gasteiger partial charge in [-0.15, -0.1) is 17.8 Å². The van der Waals surface area contributed by atoms with Gasteiger partial charge in [0.25, 0.3) is 0 Å². The average molecular weight is 159 g/mol. The summed E-state index contributed by atoms with van der Waals surface area (Å²) in [6.07, 6.45) is 5.29. The molecule has 0 radical (unpaired) electrons. The van der Waals surface area contributed by atoms with Gasteiger partial charge in [0, 0.05) is 0 Å². The first kappa shape index (κ1) is 6.38. The SMILES string of the molecule is C#Cc1cccc2scnc12. The Morgan fingerprint density at radius 1 is 1.45 bits per heavy atom. The molecule has 0 aliphatic heterocycles. The minimum absolute atomic E-state index is 0.878. The van der Waals surface area contributed by atoms with E-state index in [0.29, 0.717) is 0 Å². The third-order valence-corrected chi connectivity index (χ3v) is 2.31. The maximum absolute atomic E-state index is 5.29. The van der Waals surface area contributed by atoms with Gasteiger partial charge in [0.05, 0.1) is 21.3 Å². The van der Waals surface area contributed by atoms with Crippen LogP contribution < -0.4 is 0 Å². The van der Waals surface area contributed by atoms with Crippen LogP contribution in [0.25, 0.3) is 10.2 Å². The van der Waals surface area contributed by atoms with Crippen LogP contribution in [-0.2, 0) is 0 Å². The lowest BCUT2D eigenvalue weighted by molar-refractivity contribution is 1.49. The lowest BCUT2D eigenvalue weighted by Gasteiger charge is -1.89. The summed E-state index contributed by atoms with van der Waals surface area (Å²) in [5.74, 6) is 2.60. The van der Waals surface area contributed by atoms with E-state index >= 15 is 0 Å². The zero-order chi connectivity index (χ0) is 7.68. The summed E-state index contributed by atoms with van der Waals surface area (Å²) >= 11 is 1.61. The summed E-state index contributed by atoms with van der Waals surface area (Å²) in [6.45, 7) is 0. The molecule has 0 amide bonds. The quantitative estimate of drug-likeness (QED) is 0.537. The van der Waals surface area contributed by atoms with Crippen LogP contribution in [0.1, 0.15) is 5.56 Å². The summed E-state index contributed by atoms with van der Waals surface area (Å²) in [6, 6.07) is 5.88. The second-order valence-corrected chi connectivity index (χ2v) is 3.04. The van der Waals surface area contributed by atoms with E-state index in [2.05, 4.69) is 10.9 Å². The van der Waals surface area contributed by atoms with Crippen LogP contribution in [0.3, 0.4) is 0 Å². The van der Waals surface area contributed by atoms with E-state index in [1.807, 2.05) is 23.7 Å². The van der Waals surface area contributed by atoms with Crippen molar-refractivity contribution in [3.63, 3.8) is 0 Å². The van der Waals surface area contributed by atoms with E-state index in [0.717, 1.165) is 15.8 Å². The molecule has 2 heteroatoms. The monoisotopic (exact) mass is 159 g/mol. The van der Waals surface area contributed by atoms with Gasteiger partial charge >= 0.3 is 0 Å². The Morgan fingerprint density at radius 3 is 3.18 bits per heavy atom. The van der Waals surface area contributed by atoms with Gasteiger partial charge in [-0.3, -0.25) is 0 Å². The Hall–Kier alpha value is -1.33. The number of fused-ring (bicyclic) bond motifs is 1. The van der Waals surface area contributed by atoms with E-state index < -0.39 is 0 Å². The molecule has 52 valence electrons. The van der Waals surface area contributed by atoms with Crippen LogP contribution in [0.4, 0.5) is 0 Å². The van der Waals surface area contributed by atoms with Crippen molar-refractivity contribution in [2.24, 2.45) is 0 Å². The molecule has 0 spiro atoms. The van der Waals surface area contributed by atoms with E-state index in [1.165, 1.54) is 0 Å². The van der Waals surface area contributed by atoms with Crippen molar-refractivity contribution in [2.45, 2.75) is 0 Å². The van der Waals surface area contributed by atoms with Crippen molar-refractivity contribution in [3.05, 3.63) is 29.3 Å². The molecule has 0 bridgehead atoms. The molecule has 0 fully saturated rings. The highest BCUT2D eigenvalue weighted by molar-refractivity contribution is 7.16. The number of aromatic nitrogens is 1. The first-order valence-electron chi connectivity index (χ1n) is 3.20. The fourth-order valence-electron chi connectivity index (χ4n) is 1.00. The highest BCUT2D eigenvalue weighted by Gasteiger charge is 1.98. The second-order valence-electron chi connectivity index (χ2n) is 2.15. The van der Waals surface area contributed by atoms with E-state index in [9.17, 15) is 0 Å². The largest absolute Gasteiger partial charge is 0.243 e. The van der Waals surface area contributed by atoms with Crippen molar-refractivity contribution in [1.29, 1.82) is 0 Å². The number of nitrogens with zero attached hydrogens (tertiary/aromatic N) is 1. The molecule has 0 saturated heterocycles. The van der Waals surface area contributed by atoms with E-state index in [1.54, 1.807) is 11.3 Å². The molecule has 0 unspecified atom stereocenters. The summed E-state index contributed by atoms with van der Waals surface area (Å²) in [5.41, 5.74) is 3.63. The molecule has 0 N–H and O–H groups in total. The third-order valence-electron chi connectivity index (χ3n) is 1.52. The van der Waals surface area contributed by atoms with E-state index in [-0.39, 0.29) is 0 Å². The van der Waals surface area contributed by atoms with Crippen molar-refractivity contribution < 1.29 is 0 Å². The fraction of sp³-hybridized carbons (Fsp3) is 0. The Labute approximate surface area is 68.7 Å². The van der Waals surface area contributed by atoms with Gasteiger partial charge in [-0.05, 0) is 12.1 Å². The minimum Gasteiger partial charge on any atom is -0.243 e. The lowest BCUT2D eigenvalue weighted by Crippen LogP contribution is -1.74. The Morgan fingerprint density at radius 2 is 2.36 bits per heavy atom. The molecule has 1 nitrogen and oxygen atoms in total. The Bertz CT molecular complexity index is 422. The topological polar surface area (TPSA) is 12.9 Å². The molecule has 0 aliphatic carbocycles. The fourth-order valence-corrected chi connectivity index (χ4v) is 1.71. The highest BCUT2D eigenvalue weighted by Crippen LogP contribution is 2.19. The molecule has 0 atom stereocenters. The number of rotatable bonds is 0. The average Bonchev–Trinajstić information content (AvgIpc) is 2.50. The van der Waals surface area contributed by atoms with Crippen LogP contribution in [0.15, 0.2) is 23.7 Å². The number of terminal acetylenes is 1. The van der Waals surface area contributed by atoms with Gasteiger partial charge in [-0.2, -0.15) is 0 Å². The normalized spacial score (nSPS) is 9.73. The number of thiazole rings is 1. The summed E-state index contributed by atoms with van der Waals surface area (Å²) < 4.78 is 1.15. The Balaban J connectivity index is 2.92. The maximum atomic E-state index is 5.29. The van der Waals surface area contributed by atoms with Crippen LogP contribution in [0.5, 0.6) is 0 Å². The number of hydrogen-bond donors (Lipinski definition) is 0. The number of hydrogen-bond acceptors (Lipinski definition) is 2. The zero-order valence-corrected chi connectivity index (χ0v) is 6.56.